The van der Waals surface area contributed by atoms with Gasteiger partial charge in [-0.25, -0.2) is 0 Å². The summed E-state index contributed by atoms with van der Waals surface area (Å²) >= 11 is 0. The predicted octanol–water partition coefficient (Wildman–Crippen LogP) is 1.72. The second-order valence-corrected chi connectivity index (χ2v) is 12.0. The molecule has 0 spiro atoms. The van der Waals surface area contributed by atoms with Gasteiger partial charge in [-0.2, -0.15) is 0 Å². The predicted molar refractivity (Wildman–Crippen MR) is 135 cm³/mol. The molecule has 3 aliphatic rings. The van der Waals surface area contributed by atoms with Gasteiger partial charge in [0.05, 0.1) is 17.6 Å². The van der Waals surface area contributed by atoms with Gasteiger partial charge in [0, 0.05) is 17.4 Å². The van der Waals surface area contributed by atoms with Crippen LogP contribution in [0.1, 0.15) is 75.4 Å². The van der Waals surface area contributed by atoms with Gasteiger partial charge in [0.15, 0.2) is 17.2 Å². The molecule has 0 saturated heterocycles. The van der Waals surface area contributed by atoms with Gasteiger partial charge in [0.2, 0.25) is 5.91 Å². The lowest BCUT2D eigenvalue weighted by atomic mass is 9.39. The van der Waals surface area contributed by atoms with Gasteiger partial charge in [0.25, 0.3) is 0 Å². The van der Waals surface area contributed by atoms with Gasteiger partial charge < -0.3 is 26.2 Å². The number of nitrogens with two attached hydrogens (primary N) is 1. The number of hydrogen-bond donors (Lipinski definition) is 5. The van der Waals surface area contributed by atoms with E-state index < -0.39 is 63.9 Å². The lowest BCUT2D eigenvalue weighted by Gasteiger charge is -2.66. The maximum Gasteiger partial charge on any atom is 0.230 e. The van der Waals surface area contributed by atoms with Gasteiger partial charge in [-0.15, -0.1) is 0 Å². The molecule has 2 unspecified atom stereocenters. The van der Waals surface area contributed by atoms with E-state index in [1.54, 1.807) is 13.0 Å². The van der Waals surface area contributed by atoms with Gasteiger partial charge in [-0.3, -0.25) is 14.4 Å². The highest BCUT2D eigenvalue weighted by atomic mass is 16.4. The molecule has 0 radical (unpaired) electrons. The van der Waals surface area contributed by atoms with E-state index in [1.165, 1.54) is 6.07 Å². The first-order chi connectivity index (χ1) is 17.2. The summed E-state index contributed by atoms with van der Waals surface area (Å²) in [5.41, 5.74) is 1.89. The zero-order valence-electron chi connectivity index (χ0n) is 22.0. The van der Waals surface area contributed by atoms with Crippen LogP contribution in [0.2, 0.25) is 0 Å². The Morgan fingerprint density at radius 2 is 1.86 bits per heavy atom. The number of hydrogen-bond acceptors (Lipinski definition) is 7. The average molecular weight is 512 g/mol. The zero-order chi connectivity index (χ0) is 27.7. The molecule has 1 aromatic carbocycles. The van der Waals surface area contributed by atoms with Crippen molar-refractivity contribution in [3.63, 3.8) is 0 Å². The molecule has 8 heteroatoms. The Kier molecular flexibility index (Phi) is 6.59. The number of carbonyl (C=O) groups excluding carboxylic acids is 3. The molecule has 6 N–H and O–H groups in total. The Morgan fingerprint density at radius 1 is 1.22 bits per heavy atom. The van der Waals surface area contributed by atoms with Gasteiger partial charge >= 0.3 is 0 Å². The molecule has 2 fully saturated rings. The van der Waals surface area contributed by atoms with Crippen LogP contribution in [0.3, 0.4) is 0 Å². The zero-order valence-corrected chi connectivity index (χ0v) is 22.0. The molecule has 200 valence electrons. The quantitative estimate of drug-likeness (QED) is 0.305. The number of ketones is 2. The number of aliphatic hydroxyl groups is 3. The number of amides is 1. The summed E-state index contributed by atoms with van der Waals surface area (Å²) < 4.78 is 0. The second-order valence-electron chi connectivity index (χ2n) is 12.0. The monoisotopic (exact) mass is 511 g/mol. The van der Waals surface area contributed by atoms with Crippen molar-refractivity contribution in [2.24, 2.45) is 40.2 Å². The van der Waals surface area contributed by atoms with E-state index in [1.807, 2.05) is 27.7 Å². The minimum atomic E-state index is -2.51. The van der Waals surface area contributed by atoms with Crippen LogP contribution >= 0.6 is 0 Å². The van der Waals surface area contributed by atoms with E-state index in [4.69, 9.17) is 5.73 Å². The first kappa shape index (κ1) is 27.3. The third kappa shape index (κ3) is 3.58. The largest absolute Gasteiger partial charge is 0.507 e. The Morgan fingerprint density at radius 3 is 2.43 bits per heavy atom. The van der Waals surface area contributed by atoms with E-state index in [2.05, 4.69) is 11.8 Å². The molecule has 0 aliphatic heterocycles. The number of phenols is 1. The Balaban J connectivity index is 1.95. The van der Waals surface area contributed by atoms with Crippen molar-refractivity contribution >= 4 is 17.5 Å². The van der Waals surface area contributed by atoms with E-state index >= 15 is 0 Å². The third-order valence-corrected chi connectivity index (χ3v) is 9.26. The second kappa shape index (κ2) is 8.93. The summed E-state index contributed by atoms with van der Waals surface area (Å²) in [5.74, 6) is -0.820. The number of phenolic OH excluding ortho intramolecular Hbond substituents is 1. The molecule has 3 aliphatic carbocycles. The topological polar surface area (TPSA) is 158 Å². The maximum atomic E-state index is 14.0. The molecule has 0 bridgehead atoms. The smallest absolute Gasteiger partial charge is 0.230 e. The van der Waals surface area contributed by atoms with Crippen LogP contribution < -0.4 is 5.73 Å². The number of Topliss-reactive ketones (excluding diaryl/α,β-unsaturated/α-hetero) is 2. The molecule has 1 aromatic rings. The molecular weight excluding hydrogens is 474 g/mol. The normalized spacial score (nSPS) is 38.8. The molecule has 8 atom stereocenters. The maximum absolute atomic E-state index is 14.0. The number of benzene rings is 1. The van der Waals surface area contributed by atoms with Crippen molar-refractivity contribution in [1.82, 2.24) is 0 Å². The van der Waals surface area contributed by atoms with Crippen molar-refractivity contribution < 1.29 is 34.8 Å². The fourth-order valence-corrected chi connectivity index (χ4v) is 7.93. The van der Waals surface area contributed by atoms with Crippen LogP contribution in [0.4, 0.5) is 0 Å². The van der Waals surface area contributed by atoms with Crippen LogP contribution in [0.15, 0.2) is 12.1 Å². The van der Waals surface area contributed by atoms with Crippen molar-refractivity contribution in [1.29, 1.82) is 0 Å². The summed E-state index contributed by atoms with van der Waals surface area (Å²) in [6.07, 6.45) is -1.42. The summed E-state index contributed by atoms with van der Waals surface area (Å²) in [6, 6.07) is 3.07. The highest BCUT2D eigenvalue weighted by Crippen LogP contribution is 2.65. The fourth-order valence-electron chi connectivity index (χ4n) is 7.93. The standard InChI is InChI=1S/C29H37NO7/c1-6-7-8-9-15-10-11-17(31)18-16(15)12-27(4)13-28(5)20(14(2)3)23(33)19(26(30)36)24(34)29(28,37)25(35)21(27)22(18)32/h10-11,14,19-21,23,25,31,33,35,37H,6-7,12-13H2,1-5H3,(H2,30,36)/t19-,20+,21-,23?,25?,27-,28-,29+/m1/s1. The average Bonchev–Trinajstić information content (AvgIpc) is 2.77. The number of aromatic hydroxyl groups is 1. The summed E-state index contributed by atoms with van der Waals surface area (Å²) in [5, 5.41) is 45.7. The summed E-state index contributed by atoms with van der Waals surface area (Å²) in [6.45, 7) is 9.11. The summed E-state index contributed by atoms with van der Waals surface area (Å²) in [4.78, 5) is 39.9. The van der Waals surface area contributed by atoms with Crippen LogP contribution in [-0.2, 0) is 16.0 Å². The van der Waals surface area contributed by atoms with Gasteiger partial charge in [-0.1, -0.05) is 46.5 Å². The molecule has 37 heavy (non-hydrogen) atoms. The highest BCUT2D eigenvalue weighted by molar-refractivity contribution is 6.09. The van der Waals surface area contributed by atoms with Crippen LogP contribution in [0, 0.1) is 46.3 Å². The van der Waals surface area contributed by atoms with Crippen molar-refractivity contribution in [2.75, 3.05) is 0 Å². The molecule has 4 rings (SSSR count). The van der Waals surface area contributed by atoms with Gasteiger partial charge in [0.1, 0.15) is 17.8 Å². The van der Waals surface area contributed by atoms with E-state index in [9.17, 15) is 34.8 Å². The Hall–Kier alpha value is -2.73. The van der Waals surface area contributed by atoms with E-state index in [-0.39, 0.29) is 30.1 Å². The molecule has 0 heterocycles. The number of aliphatic hydroxyl groups excluding tert-OH is 2. The van der Waals surface area contributed by atoms with E-state index in [0.29, 0.717) is 17.5 Å². The molecule has 8 nitrogen and oxygen atoms in total. The highest BCUT2D eigenvalue weighted by Gasteiger charge is 2.75. The van der Waals surface area contributed by atoms with Crippen LogP contribution in [0.5, 0.6) is 5.75 Å². The lowest BCUT2D eigenvalue weighted by molar-refractivity contribution is -0.265. The first-order valence-corrected chi connectivity index (χ1v) is 13.0. The lowest BCUT2D eigenvalue weighted by Crippen LogP contribution is -2.79. The number of carbonyl (C=O) groups is 3. The van der Waals surface area contributed by atoms with Crippen LogP contribution in [-0.4, -0.2) is 55.7 Å². The Bertz CT molecular complexity index is 1230. The SMILES string of the molecule is CCCC#Cc1ccc(O)c2c1C[C@]1(C)C[C@]3(C)[C@@H](C(C)C)C(O)[C@@H](C(N)=O)C(=O)[C@]3(O)C(O)[C@H]1C2=O. The molecule has 2 saturated carbocycles. The third-order valence-electron chi connectivity index (χ3n) is 9.26. The van der Waals surface area contributed by atoms with E-state index in [0.717, 1.165) is 6.42 Å². The number of fused-ring (bicyclic) bond motifs is 3. The molecular formula is C29H37NO7. The molecule has 1 amide bonds. The van der Waals surface area contributed by atoms with Crippen molar-refractivity contribution in [3.8, 4) is 17.6 Å². The number of rotatable bonds is 3. The fraction of sp³-hybridized carbons (Fsp3) is 0.621. The Labute approximate surface area is 217 Å². The van der Waals surface area contributed by atoms with Crippen molar-refractivity contribution in [3.05, 3.63) is 28.8 Å². The minimum Gasteiger partial charge on any atom is -0.507 e. The number of unbranched alkanes of at least 4 members (excludes halogenated alkanes) is 1. The summed E-state index contributed by atoms with van der Waals surface area (Å²) in [7, 11) is 0. The first-order valence-electron chi connectivity index (χ1n) is 13.0. The number of primary amides is 1. The van der Waals surface area contributed by atoms with Gasteiger partial charge in [-0.05, 0) is 54.2 Å². The molecule has 0 aromatic heterocycles. The van der Waals surface area contributed by atoms with Crippen molar-refractivity contribution in [2.45, 2.75) is 78.1 Å². The minimum absolute atomic E-state index is 0.0344. The van der Waals surface area contributed by atoms with Crippen LogP contribution in [0.25, 0.3) is 0 Å².